The highest BCUT2D eigenvalue weighted by atomic mass is 79.9. The zero-order chi connectivity index (χ0) is 14.8. The number of aliphatic hydroxyl groups is 1. The van der Waals surface area contributed by atoms with Gasteiger partial charge in [-0.15, -0.1) is 0 Å². The standard InChI is InChI=1S/C17H13BrFNO/c18-12-7-11(9-20-10-12)8-17(21)15-5-6-16(19)14-4-2-1-3-13(14)15/h1-7,9-10,17,21H,8H2. The van der Waals surface area contributed by atoms with Crippen LogP contribution in [-0.4, -0.2) is 10.1 Å². The fraction of sp³-hybridized carbons (Fsp3) is 0.118. The number of aliphatic hydroxyl groups excluding tert-OH is 1. The molecule has 0 aliphatic heterocycles. The predicted molar refractivity (Wildman–Crippen MR) is 84.5 cm³/mol. The summed E-state index contributed by atoms with van der Waals surface area (Å²) in [5.41, 5.74) is 1.65. The van der Waals surface area contributed by atoms with Crippen molar-refractivity contribution in [2.24, 2.45) is 0 Å². The first-order chi connectivity index (χ1) is 10.1. The van der Waals surface area contributed by atoms with Gasteiger partial charge in [0.25, 0.3) is 0 Å². The van der Waals surface area contributed by atoms with Crippen LogP contribution in [0.5, 0.6) is 0 Å². The maximum atomic E-state index is 13.8. The molecule has 0 fully saturated rings. The second kappa shape index (κ2) is 5.92. The van der Waals surface area contributed by atoms with Crippen molar-refractivity contribution in [3.63, 3.8) is 0 Å². The quantitative estimate of drug-likeness (QED) is 0.762. The molecule has 0 amide bonds. The third-order valence-corrected chi connectivity index (χ3v) is 3.89. The first kappa shape index (κ1) is 14.2. The zero-order valence-corrected chi connectivity index (χ0v) is 12.7. The smallest absolute Gasteiger partial charge is 0.131 e. The normalized spacial score (nSPS) is 12.5. The Morgan fingerprint density at radius 1 is 1.10 bits per heavy atom. The molecule has 3 rings (SSSR count). The Bertz CT molecular complexity index is 791. The van der Waals surface area contributed by atoms with E-state index in [0.717, 1.165) is 21.0 Å². The number of aromatic nitrogens is 1. The molecule has 2 nitrogen and oxygen atoms in total. The van der Waals surface area contributed by atoms with E-state index in [1.54, 1.807) is 30.6 Å². The lowest BCUT2D eigenvalue weighted by atomic mass is 9.96. The Morgan fingerprint density at radius 3 is 2.62 bits per heavy atom. The molecule has 0 saturated carbocycles. The molecule has 1 heterocycles. The highest BCUT2D eigenvalue weighted by Gasteiger charge is 2.14. The lowest BCUT2D eigenvalue weighted by molar-refractivity contribution is 0.180. The minimum Gasteiger partial charge on any atom is -0.388 e. The van der Waals surface area contributed by atoms with Gasteiger partial charge >= 0.3 is 0 Å². The van der Waals surface area contributed by atoms with E-state index in [0.29, 0.717) is 11.8 Å². The van der Waals surface area contributed by atoms with Crippen LogP contribution in [0.2, 0.25) is 0 Å². The van der Waals surface area contributed by atoms with E-state index in [9.17, 15) is 9.50 Å². The largest absolute Gasteiger partial charge is 0.388 e. The first-order valence-corrected chi connectivity index (χ1v) is 7.39. The van der Waals surface area contributed by atoms with E-state index in [4.69, 9.17) is 0 Å². The van der Waals surface area contributed by atoms with Gasteiger partial charge in [-0.1, -0.05) is 30.3 Å². The molecule has 0 radical (unpaired) electrons. The number of fused-ring (bicyclic) bond motifs is 1. The van der Waals surface area contributed by atoms with Crippen molar-refractivity contribution in [3.8, 4) is 0 Å². The topological polar surface area (TPSA) is 33.1 Å². The average Bonchev–Trinajstić information content (AvgIpc) is 2.48. The summed E-state index contributed by atoms with van der Waals surface area (Å²) in [5.74, 6) is -0.273. The summed E-state index contributed by atoms with van der Waals surface area (Å²) in [6.45, 7) is 0. The molecule has 1 unspecified atom stereocenters. The lowest BCUT2D eigenvalue weighted by Crippen LogP contribution is -2.03. The van der Waals surface area contributed by atoms with E-state index in [-0.39, 0.29) is 5.82 Å². The van der Waals surface area contributed by atoms with E-state index >= 15 is 0 Å². The number of hydrogen-bond donors (Lipinski definition) is 1. The van der Waals surface area contributed by atoms with Gasteiger partial charge in [-0.2, -0.15) is 0 Å². The van der Waals surface area contributed by atoms with Crippen molar-refractivity contribution in [1.82, 2.24) is 4.98 Å². The predicted octanol–water partition coefficient (Wildman–Crippen LogP) is 4.41. The molecule has 2 aromatic carbocycles. The highest BCUT2D eigenvalue weighted by molar-refractivity contribution is 9.10. The fourth-order valence-electron chi connectivity index (χ4n) is 2.48. The molecule has 3 aromatic rings. The van der Waals surface area contributed by atoms with Gasteiger partial charge in [-0.25, -0.2) is 4.39 Å². The van der Waals surface area contributed by atoms with Crippen LogP contribution in [-0.2, 0) is 6.42 Å². The number of halogens is 2. The second-order valence-corrected chi connectivity index (χ2v) is 5.83. The summed E-state index contributed by atoms with van der Waals surface area (Å²) in [7, 11) is 0. The molecule has 21 heavy (non-hydrogen) atoms. The number of pyridine rings is 1. The van der Waals surface area contributed by atoms with Crippen LogP contribution in [0.1, 0.15) is 17.2 Å². The summed E-state index contributed by atoms with van der Waals surface area (Å²) in [5, 5.41) is 11.8. The number of nitrogens with zero attached hydrogens (tertiary/aromatic N) is 1. The van der Waals surface area contributed by atoms with Crippen LogP contribution in [0.15, 0.2) is 59.3 Å². The summed E-state index contributed by atoms with van der Waals surface area (Å²) in [6.07, 6.45) is 3.15. The van der Waals surface area contributed by atoms with Crippen LogP contribution in [0, 0.1) is 5.82 Å². The minimum absolute atomic E-state index is 0.273. The Kier molecular flexibility index (Phi) is 3.99. The van der Waals surface area contributed by atoms with Gasteiger partial charge < -0.3 is 5.11 Å². The van der Waals surface area contributed by atoms with Crippen molar-refractivity contribution < 1.29 is 9.50 Å². The molecule has 106 valence electrons. The zero-order valence-electron chi connectivity index (χ0n) is 11.1. The summed E-state index contributed by atoms with van der Waals surface area (Å²) in [6, 6.07) is 12.2. The molecular weight excluding hydrogens is 333 g/mol. The Balaban J connectivity index is 1.98. The van der Waals surface area contributed by atoms with Gasteiger partial charge in [-0.05, 0) is 44.6 Å². The van der Waals surface area contributed by atoms with Crippen molar-refractivity contribution in [2.45, 2.75) is 12.5 Å². The van der Waals surface area contributed by atoms with Gasteiger partial charge in [0.1, 0.15) is 5.82 Å². The van der Waals surface area contributed by atoms with Crippen LogP contribution in [0.4, 0.5) is 4.39 Å². The van der Waals surface area contributed by atoms with E-state index in [2.05, 4.69) is 20.9 Å². The molecule has 0 saturated heterocycles. The minimum atomic E-state index is -0.702. The van der Waals surface area contributed by atoms with Crippen LogP contribution >= 0.6 is 15.9 Å². The van der Waals surface area contributed by atoms with Crippen molar-refractivity contribution in [2.75, 3.05) is 0 Å². The molecule has 1 N–H and O–H groups in total. The molecule has 1 atom stereocenters. The number of hydrogen-bond acceptors (Lipinski definition) is 2. The Hall–Kier alpha value is -1.78. The van der Waals surface area contributed by atoms with Crippen molar-refractivity contribution in [3.05, 3.63) is 76.3 Å². The first-order valence-electron chi connectivity index (χ1n) is 6.60. The third-order valence-electron chi connectivity index (χ3n) is 3.45. The van der Waals surface area contributed by atoms with E-state index < -0.39 is 6.10 Å². The van der Waals surface area contributed by atoms with Gasteiger partial charge in [-0.3, -0.25) is 4.98 Å². The maximum Gasteiger partial charge on any atom is 0.131 e. The van der Waals surface area contributed by atoms with Gasteiger partial charge in [0, 0.05) is 28.7 Å². The highest BCUT2D eigenvalue weighted by Crippen LogP contribution is 2.28. The second-order valence-electron chi connectivity index (χ2n) is 4.91. The maximum absolute atomic E-state index is 13.8. The number of benzene rings is 2. The molecule has 0 spiro atoms. The molecule has 0 aliphatic rings. The van der Waals surface area contributed by atoms with Crippen LogP contribution < -0.4 is 0 Å². The van der Waals surface area contributed by atoms with Crippen molar-refractivity contribution >= 4 is 26.7 Å². The van der Waals surface area contributed by atoms with Crippen LogP contribution in [0.25, 0.3) is 10.8 Å². The third kappa shape index (κ3) is 2.96. The van der Waals surface area contributed by atoms with Crippen molar-refractivity contribution in [1.29, 1.82) is 0 Å². The SMILES string of the molecule is OC(Cc1cncc(Br)c1)c1ccc(F)c2ccccc12. The van der Waals surface area contributed by atoms with Gasteiger partial charge in [0.2, 0.25) is 0 Å². The van der Waals surface area contributed by atoms with E-state index in [1.165, 1.54) is 6.07 Å². The molecule has 0 aliphatic carbocycles. The van der Waals surface area contributed by atoms with Gasteiger partial charge in [0.15, 0.2) is 0 Å². The van der Waals surface area contributed by atoms with E-state index in [1.807, 2.05) is 18.2 Å². The monoisotopic (exact) mass is 345 g/mol. The molecule has 4 heteroatoms. The number of rotatable bonds is 3. The van der Waals surface area contributed by atoms with Gasteiger partial charge in [0.05, 0.1) is 6.10 Å². The molecule has 0 bridgehead atoms. The molecule has 1 aromatic heterocycles. The summed E-state index contributed by atoms with van der Waals surface area (Å²) >= 11 is 3.36. The molecular formula is C17H13BrFNO. The lowest BCUT2D eigenvalue weighted by Gasteiger charge is -2.14. The fourth-order valence-corrected chi connectivity index (χ4v) is 2.89. The van der Waals surface area contributed by atoms with Crippen LogP contribution in [0.3, 0.4) is 0 Å². The summed E-state index contributed by atoms with van der Waals surface area (Å²) in [4.78, 5) is 4.09. The Labute approximate surface area is 130 Å². The Morgan fingerprint density at radius 2 is 1.86 bits per heavy atom. The summed E-state index contributed by atoms with van der Waals surface area (Å²) < 4.78 is 14.7. The average molecular weight is 346 g/mol.